The molecule has 0 bridgehead atoms. The van der Waals surface area contributed by atoms with E-state index in [1.807, 2.05) is 18.2 Å². The van der Waals surface area contributed by atoms with Crippen molar-refractivity contribution in [2.75, 3.05) is 39.5 Å². The van der Waals surface area contributed by atoms with Crippen molar-refractivity contribution < 1.29 is 23.9 Å². The van der Waals surface area contributed by atoms with Crippen LogP contribution in [0.4, 0.5) is 0 Å². The maximum atomic E-state index is 12.8. The van der Waals surface area contributed by atoms with Gasteiger partial charge in [-0.05, 0) is 18.9 Å². The van der Waals surface area contributed by atoms with E-state index >= 15 is 0 Å². The van der Waals surface area contributed by atoms with Crippen molar-refractivity contribution in [2.24, 2.45) is 0 Å². The van der Waals surface area contributed by atoms with Crippen molar-refractivity contribution in [3.63, 3.8) is 0 Å². The molecule has 0 spiro atoms. The predicted octanol–water partition coefficient (Wildman–Crippen LogP) is 0.978. The van der Waals surface area contributed by atoms with Gasteiger partial charge in [-0.15, -0.1) is 0 Å². The monoisotopic (exact) mass is 399 g/mol. The highest BCUT2D eigenvalue weighted by Gasteiger charge is 2.25. The second kappa shape index (κ2) is 8.75. The molecular weight excluding hydrogens is 374 g/mol. The van der Waals surface area contributed by atoms with E-state index in [1.54, 1.807) is 21.7 Å². The molecule has 29 heavy (non-hydrogen) atoms. The molecule has 1 aromatic heterocycles. The summed E-state index contributed by atoms with van der Waals surface area (Å²) < 4.78 is 12.5. The number of hydrogen-bond acceptors (Lipinski definition) is 5. The van der Waals surface area contributed by atoms with Gasteiger partial charge in [0.2, 0.25) is 5.91 Å². The predicted molar refractivity (Wildman–Crippen MR) is 106 cm³/mol. The highest BCUT2D eigenvalue weighted by Crippen LogP contribution is 2.22. The lowest BCUT2D eigenvalue weighted by molar-refractivity contribution is -0.135. The highest BCUT2D eigenvalue weighted by atomic mass is 16.5. The van der Waals surface area contributed by atoms with Gasteiger partial charge in [-0.1, -0.05) is 18.2 Å². The third-order valence-electron chi connectivity index (χ3n) is 5.42. The Bertz CT molecular complexity index is 910. The minimum absolute atomic E-state index is 0.0285. The molecule has 3 heterocycles. The first-order chi connectivity index (χ1) is 14.1. The van der Waals surface area contributed by atoms with E-state index in [4.69, 9.17) is 9.47 Å². The number of nitrogens with one attached hydrogen (secondary N) is 1. The minimum Gasteiger partial charge on any atom is -0.378 e. The molecule has 4 rings (SSSR count). The van der Waals surface area contributed by atoms with E-state index in [2.05, 4.69) is 5.32 Å². The number of rotatable bonds is 6. The molecule has 1 aromatic carbocycles. The van der Waals surface area contributed by atoms with Gasteiger partial charge in [0.1, 0.15) is 6.54 Å². The standard InChI is InChI=1S/C21H25N3O5/c25-19(23-7-10-28-11-8-23)14-24-13-17(16-5-1-2-6-18(16)24)20(26)21(27)22-12-15-4-3-9-29-15/h1-2,5-6,13,15H,3-4,7-12,14H2,(H,22,27). The second-order valence-electron chi connectivity index (χ2n) is 7.36. The molecule has 2 aliphatic heterocycles. The van der Waals surface area contributed by atoms with Crippen molar-refractivity contribution in [1.29, 1.82) is 0 Å². The number of ketones is 1. The lowest BCUT2D eigenvalue weighted by Crippen LogP contribution is -2.42. The maximum absolute atomic E-state index is 12.8. The van der Waals surface area contributed by atoms with Gasteiger partial charge in [-0.25, -0.2) is 0 Å². The fourth-order valence-electron chi connectivity index (χ4n) is 3.83. The van der Waals surface area contributed by atoms with E-state index in [-0.39, 0.29) is 18.6 Å². The summed E-state index contributed by atoms with van der Waals surface area (Å²) in [4.78, 5) is 39.6. The number of carbonyl (C=O) groups excluding carboxylic acids is 3. The average molecular weight is 399 g/mol. The van der Waals surface area contributed by atoms with Crippen molar-refractivity contribution >= 4 is 28.5 Å². The number of fused-ring (bicyclic) bond motifs is 1. The molecule has 0 radical (unpaired) electrons. The zero-order valence-corrected chi connectivity index (χ0v) is 16.3. The van der Waals surface area contributed by atoms with Gasteiger partial charge in [0.05, 0.1) is 24.9 Å². The normalized spacial score (nSPS) is 19.4. The van der Waals surface area contributed by atoms with Crippen LogP contribution < -0.4 is 5.32 Å². The Morgan fingerprint density at radius 1 is 1.10 bits per heavy atom. The summed E-state index contributed by atoms with van der Waals surface area (Å²) in [6, 6.07) is 7.32. The van der Waals surface area contributed by atoms with Crippen molar-refractivity contribution in [3.8, 4) is 0 Å². The molecular formula is C21H25N3O5. The van der Waals surface area contributed by atoms with Crippen molar-refractivity contribution in [1.82, 2.24) is 14.8 Å². The Morgan fingerprint density at radius 2 is 1.90 bits per heavy atom. The number of hydrogen-bond donors (Lipinski definition) is 1. The lowest BCUT2D eigenvalue weighted by atomic mass is 10.1. The van der Waals surface area contributed by atoms with Gasteiger partial charge in [-0.3, -0.25) is 14.4 Å². The summed E-state index contributed by atoms with van der Waals surface area (Å²) in [6.45, 7) is 3.34. The van der Waals surface area contributed by atoms with Crippen LogP contribution in [0.25, 0.3) is 10.9 Å². The van der Waals surface area contributed by atoms with Gasteiger partial charge in [0.15, 0.2) is 0 Å². The zero-order valence-electron chi connectivity index (χ0n) is 16.3. The van der Waals surface area contributed by atoms with Crippen LogP contribution in [0.3, 0.4) is 0 Å². The Kier molecular flexibility index (Phi) is 5.92. The average Bonchev–Trinajstić information content (AvgIpc) is 3.40. The number of Topliss-reactive ketones (excluding diaryl/α,β-unsaturated/α-hetero) is 1. The molecule has 2 fully saturated rings. The smallest absolute Gasteiger partial charge is 0.292 e. The van der Waals surface area contributed by atoms with E-state index in [0.29, 0.717) is 50.4 Å². The Hall–Kier alpha value is -2.71. The van der Waals surface area contributed by atoms with E-state index in [0.717, 1.165) is 18.4 Å². The largest absolute Gasteiger partial charge is 0.378 e. The Morgan fingerprint density at radius 3 is 2.66 bits per heavy atom. The molecule has 1 atom stereocenters. The van der Waals surface area contributed by atoms with Gasteiger partial charge in [-0.2, -0.15) is 0 Å². The maximum Gasteiger partial charge on any atom is 0.292 e. The van der Waals surface area contributed by atoms with Gasteiger partial charge in [0, 0.05) is 43.3 Å². The van der Waals surface area contributed by atoms with Crippen LogP contribution in [-0.2, 0) is 25.6 Å². The zero-order chi connectivity index (χ0) is 20.2. The second-order valence-corrected chi connectivity index (χ2v) is 7.36. The first-order valence-electron chi connectivity index (χ1n) is 10.0. The summed E-state index contributed by atoms with van der Waals surface area (Å²) in [5.41, 5.74) is 1.06. The number of benzene rings is 1. The Labute approximate surface area is 168 Å². The number of aromatic nitrogens is 1. The number of ether oxygens (including phenoxy) is 2. The van der Waals surface area contributed by atoms with Crippen LogP contribution in [0, 0.1) is 0 Å². The number of nitrogens with zero attached hydrogens (tertiary/aromatic N) is 2. The SMILES string of the molecule is O=C(NCC1CCCO1)C(=O)c1cn(CC(=O)N2CCOCC2)c2ccccc12. The van der Waals surface area contributed by atoms with Crippen LogP contribution in [0.15, 0.2) is 30.5 Å². The van der Waals surface area contributed by atoms with Gasteiger partial charge in [0.25, 0.3) is 11.7 Å². The first kappa shape index (κ1) is 19.6. The number of para-hydroxylation sites is 1. The fraction of sp³-hybridized carbons (Fsp3) is 0.476. The molecule has 0 saturated carbocycles. The van der Waals surface area contributed by atoms with Crippen molar-refractivity contribution in [2.45, 2.75) is 25.5 Å². The molecule has 1 N–H and O–H groups in total. The molecule has 2 aromatic rings. The molecule has 2 amide bonds. The molecule has 0 aliphatic carbocycles. The number of amides is 2. The van der Waals surface area contributed by atoms with E-state index < -0.39 is 11.7 Å². The number of morpholine rings is 1. The number of carbonyl (C=O) groups is 3. The minimum atomic E-state index is -0.650. The van der Waals surface area contributed by atoms with E-state index in [9.17, 15) is 14.4 Å². The van der Waals surface area contributed by atoms with Gasteiger partial charge < -0.3 is 24.3 Å². The molecule has 8 nitrogen and oxygen atoms in total. The summed E-state index contributed by atoms with van der Waals surface area (Å²) in [5, 5.41) is 3.34. The Balaban J connectivity index is 1.51. The molecule has 1 unspecified atom stereocenters. The molecule has 2 saturated heterocycles. The molecule has 154 valence electrons. The lowest BCUT2D eigenvalue weighted by Gasteiger charge is -2.27. The van der Waals surface area contributed by atoms with Crippen LogP contribution in [0.2, 0.25) is 0 Å². The summed E-state index contributed by atoms with van der Waals surface area (Å²) in [5.74, 6) is -1.28. The van der Waals surface area contributed by atoms with Crippen molar-refractivity contribution in [3.05, 3.63) is 36.0 Å². The van der Waals surface area contributed by atoms with E-state index in [1.165, 1.54) is 0 Å². The van der Waals surface area contributed by atoms with Gasteiger partial charge >= 0.3 is 0 Å². The highest BCUT2D eigenvalue weighted by molar-refractivity contribution is 6.45. The fourth-order valence-corrected chi connectivity index (χ4v) is 3.83. The first-order valence-corrected chi connectivity index (χ1v) is 10.0. The van der Waals surface area contributed by atoms with Crippen LogP contribution in [-0.4, -0.2) is 72.6 Å². The van der Waals surface area contributed by atoms with Crippen LogP contribution in [0.1, 0.15) is 23.2 Å². The summed E-state index contributed by atoms with van der Waals surface area (Å²) in [6.07, 6.45) is 3.44. The molecule has 2 aliphatic rings. The van der Waals surface area contributed by atoms with Crippen LogP contribution >= 0.6 is 0 Å². The molecule has 8 heteroatoms. The third kappa shape index (κ3) is 4.33. The van der Waals surface area contributed by atoms with Crippen LogP contribution in [0.5, 0.6) is 0 Å². The summed E-state index contributed by atoms with van der Waals surface area (Å²) >= 11 is 0. The summed E-state index contributed by atoms with van der Waals surface area (Å²) in [7, 11) is 0. The topological polar surface area (TPSA) is 89.9 Å². The third-order valence-corrected chi connectivity index (χ3v) is 5.42. The quantitative estimate of drug-likeness (QED) is 0.578.